The molecular weight excluding hydrogens is 136 g/mol. The van der Waals surface area contributed by atoms with Crippen molar-refractivity contribution in [1.29, 1.82) is 5.41 Å². The Balaban J connectivity index is 2.77. The average molecular weight is 146 g/mol. The van der Waals surface area contributed by atoms with E-state index in [0.29, 0.717) is 12.1 Å². The average Bonchev–Trinajstić information content (AvgIpc) is 2.07. The predicted molar refractivity (Wildman–Crippen MR) is 45.9 cm³/mol. The molecule has 1 heterocycles. The standard InChI is InChI=1S/C9H10N2/c1-2-3-9(10)8-4-6-11-7-5-8/h2,4-7,10H,1,3H2. The third kappa shape index (κ3) is 2.00. The highest BCUT2D eigenvalue weighted by atomic mass is 14.6. The fourth-order valence-corrected chi connectivity index (χ4v) is 0.815. The highest BCUT2D eigenvalue weighted by Gasteiger charge is 1.95. The summed E-state index contributed by atoms with van der Waals surface area (Å²) in [6.45, 7) is 3.57. The number of hydrogen-bond donors (Lipinski definition) is 1. The molecule has 0 unspecified atom stereocenters. The molecule has 1 aromatic heterocycles. The van der Waals surface area contributed by atoms with Crippen LogP contribution in [0.15, 0.2) is 37.2 Å². The van der Waals surface area contributed by atoms with E-state index >= 15 is 0 Å². The van der Waals surface area contributed by atoms with Gasteiger partial charge in [-0.2, -0.15) is 0 Å². The maximum absolute atomic E-state index is 7.53. The number of hydrogen-bond acceptors (Lipinski definition) is 2. The van der Waals surface area contributed by atoms with Crippen LogP contribution >= 0.6 is 0 Å². The highest BCUT2D eigenvalue weighted by Crippen LogP contribution is 2.00. The molecule has 1 aromatic rings. The van der Waals surface area contributed by atoms with Crippen LogP contribution in [-0.2, 0) is 0 Å². The van der Waals surface area contributed by atoms with E-state index in [1.165, 1.54) is 0 Å². The molecule has 0 aliphatic heterocycles. The summed E-state index contributed by atoms with van der Waals surface area (Å²) in [5, 5.41) is 7.53. The minimum atomic E-state index is 0.586. The number of allylic oxidation sites excluding steroid dienone is 1. The van der Waals surface area contributed by atoms with Gasteiger partial charge in [-0.25, -0.2) is 0 Å². The van der Waals surface area contributed by atoms with Gasteiger partial charge in [0.1, 0.15) is 0 Å². The van der Waals surface area contributed by atoms with Crippen LogP contribution in [0.2, 0.25) is 0 Å². The van der Waals surface area contributed by atoms with Crippen molar-refractivity contribution in [3.8, 4) is 0 Å². The van der Waals surface area contributed by atoms with Gasteiger partial charge in [-0.3, -0.25) is 4.98 Å². The Morgan fingerprint density at radius 1 is 1.55 bits per heavy atom. The lowest BCUT2D eigenvalue weighted by atomic mass is 10.1. The maximum Gasteiger partial charge on any atom is 0.0424 e. The quantitative estimate of drug-likeness (QED) is 0.514. The molecule has 0 saturated carbocycles. The summed E-state index contributed by atoms with van der Waals surface area (Å²) in [5.74, 6) is 0. The second-order valence-electron chi connectivity index (χ2n) is 2.21. The number of pyridine rings is 1. The normalized spacial score (nSPS) is 9.09. The molecule has 1 rings (SSSR count). The van der Waals surface area contributed by atoms with Crippen molar-refractivity contribution >= 4 is 5.71 Å². The Hall–Kier alpha value is -1.44. The third-order valence-corrected chi connectivity index (χ3v) is 1.38. The first-order valence-electron chi connectivity index (χ1n) is 3.43. The molecule has 11 heavy (non-hydrogen) atoms. The lowest BCUT2D eigenvalue weighted by molar-refractivity contribution is 1.29. The Morgan fingerprint density at radius 2 is 2.18 bits per heavy atom. The van der Waals surface area contributed by atoms with Gasteiger partial charge in [-0.1, -0.05) is 6.08 Å². The van der Waals surface area contributed by atoms with E-state index in [4.69, 9.17) is 5.41 Å². The molecule has 0 aromatic carbocycles. The van der Waals surface area contributed by atoms with Crippen molar-refractivity contribution < 1.29 is 0 Å². The molecule has 0 aliphatic carbocycles. The van der Waals surface area contributed by atoms with Crippen molar-refractivity contribution in [2.24, 2.45) is 0 Å². The van der Waals surface area contributed by atoms with E-state index in [9.17, 15) is 0 Å². The summed E-state index contributed by atoms with van der Waals surface area (Å²) in [6.07, 6.45) is 5.71. The van der Waals surface area contributed by atoms with Crippen LogP contribution in [-0.4, -0.2) is 10.7 Å². The van der Waals surface area contributed by atoms with Gasteiger partial charge in [0, 0.05) is 24.5 Å². The number of rotatable bonds is 3. The molecule has 0 atom stereocenters. The lowest BCUT2D eigenvalue weighted by Crippen LogP contribution is -1.95. The van der Waals surface area contributed by atoms with E-state index in [-0.39, 0.29) is 0 Å². The minimum absolute atomic E-state index is 0.586. The molecule has 56 valence electrons. The first kappa shape index (κ1) is 7.66. The number of aromatic nitrogens is 1. The van der Waals surface area contributed by atoms with Crippen LogP contribution in [0.25, 0.3) is 0 Å². The van der Waals surface area contributed by atoms with E-state index in [0.717, 1.165) is 5.56 Å². The summed E-state index contributed by atoms with van der Waals surface area (Å²) in [5.41, 5.74) is 1.50. The fourth-order valence-electron chi connectivity index (χ4n) is 0.815. The van der Waals surface area contributed by atoms with Crippen molar-refractivity contribution in [2.45, 2.75) is 6.42 Å². The molecule has 0 saturated heterocycles. The van der Waals surface area contributed by atoms with Crippen LogP contribution in [0.1, 0.15) is 12.0 Å². The zero-order valence-corrected chi connectivity index (χ0v) is 6.25. The molecule has 0 bridgehead atoms. The van der Waals surface area contributed by atoms with Crippen LogP contribution in [0.4, 0.5) is 0 Å². The molecule has 0 amide bonds. The monoisotopic (exact) mass is 146 g/mol. The van der Waals surface area contributed by atoms with E-state index < -0.39 is 0 Å². The van der Waals surface area contributed by atoms with Crippen molar-refractivity contribution in [1.82, 2.24) is 4.98 Å². The van der Waals surface area contributed by atoms with E-state index in [1.54, 1.807) is 18.5 Å². The van der Waals surface area contributed by atoms with Crippen molar-refractivity contribution in [2.75, 3.05) is 0 Å². The molecule has 1 N–H and O–H groups in total. The van der Waals surface area contributed by atoms with Crippen LogP contribution in [0, 0.1) is 5.41 Å². The highest BCUT2D eigenvalue weighted by molar-refractivity contribution is 5.98. The van der Waals surface area contributed by atoms with Crippen molar-refractivity contribution in [3.05, 3.63) is 42.7 Å². The summed E-state index contributed by atoms with van der Waals surface area (Å²) in [6, 6.07) is 3.65. The number of nitrogens with one attached hydrogen (secondary N) is 1. The number of nitrogens with zero attached hydrogens (tertiary/aromatic N) is 1. The van der Waals surface area contributed by atoms with Gasteiger partial charge in [0.15, 0.2) is 0 Å². The van der Waals surface area contributed by atoms with Gasteiger partial charge in [-0.15, -0.1) is 6.58 Å². The molecule has 0 aliphatic rings. The second-order valence-corrected chi connectivity index (χ2v) is 2.21. The van der Waals surface area contributed by atoms with Crippen LogP contribution in [0.5, 0.6) is 0 Å². The fraction of sp³-hybridized carbons (Fsp3) is 0.111. The molecule has 2 heteroatoms. The molecule has 2 nitrogen and oxygen atoms in total. The van der Waals surface area contributed by atoms with Crippen LogP contribution < -0.4 is 0 Å². The summed E-state index contributed by atoms with van der Waals surface area (Å²) < 4.78 is 0. The van der Waals surface area contributed by atoms with Gasteiger partial charge in [-0.05, 0) is 17.7 Å². The lowest BCUT2D eigenvalue weighted by Gasteiger charge is -1.97. The van der Waals surface area contributed by atoms with Gasteiger partial charge < -0.3 is 5.41 Å². The zero-order chi connectivity index (χ0) is 8.10. The first-order valence-corrected chi connectivity index (χ1v) is 3.43. The summed E-state index contributed by atoms with van der Waals surface area (Å²) >= 11 is 0. The van der Waals surface area contributed by atoms with Gasteiger partial charge >= 0.3 is 0 Å². The molecule has 0 radical (unpaired) electrons. The Bertz CT molecular complexity index is 252. The molecular formula is C9H10N2. The first-order chi connectivity index (χ1) is 5.34. The second kappa shape index (κ2) is 3.66. The zero-order valence-electron chi connectivity index (χ0n) is 6.25. The smallest absolute Gasteiger partial charge is 0.0424 e. The van der Waals surface area contributed by atoms with E-state index in [2.05, 4.69) is 11.6 Å². The Labute approximate surface area is 66.1 Å². The molecule has 0 fully saturated rings. The Morgan fingerprint density at radius 3 is 2.73 bits per heavy atom. The predicted octanol–water partition coefficient (Wildman–Crippen LogP) is 2.03. The summed E-state index contributed by atoms with van der Waals surface area (Å²) in [7, 11) is 0. The topological polar surface area (TPSA) is 36.7 Å². The summed E-state index contributed by atoms with van der Waals surface area (Å²) in [4.78, 5) is 3.87. The SMILES string of the molecule is C=CCC(=N)c1ccncc1. The maximum atomic E-state index is 7.53. The van der Waals surface area contributed by atoms with Gasteiger partial charge in [0.05, 0.1) is 0 Å². The largest absolute Gasteiger partial charge is 0.304 e. The van der Waals surface area contributed by atoms with E-state index in [1.807, 2.05) is 12.1 Å². The van der Waals surface area contributed by atoms with Crippen LogP contribution in [0.3, 0.4) is 0 Å². The third-order valence-electron chi connectivity index (χ3n) is 1.38. The van der Waals surface area contributed by atoms with Gasteiger partial charge in [0.25, 0.3) is 0 Å². The van der Waals surface area contributed by atoms with Crippen molar-refractivity contribution in [3.63, 3.8) is 0 Å². The van der Waals surface area contributed by atoms with Gasteiger partial charge in [0.2, 0.25) is 0 Å². The molecule has 0 spiro atoms. The Kier molecular flexibility index (Phi) is 2.55. The minimum Gasteiger partial charge on any atom is -0.304 e.